The average molecular weight is 306 g/mol. The molecule has 0 saturated carbocycles. The van der Waals surface area contributed by atoms with E-state index in [0.29, 0.717) is 7.18 Å². The molecular weight excluding hydrogens is 270 g/mol. The van der Waals surface area contributed by atoms with Gasteiger partial charge in [0, 0.05) is 0 Å². The van der Waals surface area contributed by atoms with Gasteiger partial charge in [-0.05, 0) is 40.0 Å². The number of hydrogen-bond donors (Lipinski definition) is 0. The van der Waals surface area contributed by atoms with Gasteiger partial charge in [0.05, 0.1) is 7.18 Å². The molecule has 0 aromatic rings. The van der Waals surface area contributed by atoms with Gasteiger partial charge < -0.3 is 0 Å². The fourth-order valence-corrected chi connectivity index (χ4v) is 1.11. The van der Waals surface area contributed by atoms with E-state index in [-0.39, 0.29) is 0 Å². The summed E-state index contributed by atoms with van der Waals surface area (Å²) in [5, 5.41) is 0. The van der Waals surface area contributed by atoms with Gasteiger partial charge >= 0.3 is 0 Å². The van der Waals surface area contributed by atoms with E-state index in [0.717, 1.165) is 5.92 Å². The number of hydrogen-bond acceptors (Lipinski definition) is 1. The average Bonchev–Trinajstić information content (AvgIpc) is 2.50. The van der Waals surface area contributed by atoms with Crippen LogP contribution in [0.5, 0.6) is 0 Å². The SMILES string of the molecule is CC.CC.CC(=O)[C@@H](C)F.CC1=CCC(C)C(C)=C1.CF. The number of halogens is 2. The number of ketones is 1. The second-order valence-electron chi connectivity index (χ2n) is 4.20. The minimum Gasteiger partial charge on any atom is -0.297 e. The van der Waals surface area contributed by atoms with Crippen molar-refractivity contribution in [3.8, 4) is 0 Å². The molecule has 1 aliphatic rings. The van der Waals surface area contributed by atoms with Crippen molar-refractivity contribution >= 4 is 5.78 Å². The van der Waals surface area contributed by atoms with Gasteiger partial charge in [-0.15, -0.1) is 0 Å². The standard InChI is InChI=1S/C9H14.C4H7FO.2C2H6.CH3F/c1-7-4-5-8(2)9(3)6-7;1-3(5)4(2)6;3*1-2/h4,6,8H,5H2,1-3H3;3H,1-2H3;2*1-2H3;1H3/t;3-;;;/m.1.../s1. The summed E-state index contributed by atoms with van der Waals surface area (Å²) in [4.78, 5) is 9.77. The summed E-state index contributed by atoms with van der Waals surface area (Å²) in [6, 6.07) is 0. The van der Waals surface area contributed by atoms with Crippen LogP contribution in [0.4, 0.5) is 8.78 Å². The van der Waals surface area contributed by atoms with E-state index in [4.69, 9.17) is 0 Å². The van der Waals surface area contributed by atoms with Crippen LogP contribution in [-0.2, 0) is 4.79 Å². The lowest BCUT2D eigenvalue weighted by Gasteiger charge is -2.14. The highest BCUT2D eigenvalue weighted by molar-refractivity contribution is 5.79. The van der Waals surface area contributed by atoms with Crippen LogP contribution in [0.2, 0.25) is 0 Å². The Labute approximate surface area is 131 Å². The Bertz CT molecular complexity index is 279. The summed E-state index contributed by atoms with van der Waals surface area (Å²) in [6.07, 6.45) is 4.52. The number of Topliss-reactive ketones (excluding diaryl/α,β-unsaturated/α-hetero) is 1. The van der Waals surface area contributed by atoms with Crippen molar-refractivity contribution in [2.75, 3.05) is 7.18 Å². The fraction of sp³-hybridized carbons (Fsp3) is 0.722. The van der Waals surface area contributed by atoms with E-state index in [2.05, 4.69) is 32.9 Å². The van der Waals surface area contributed by atoms with E-state index < -0.39 is 12.0 Å². The summed E-state index contributed by atoms with van der Waals surface area (Å²) in [6.45, 7) is 17.1. The highest BCUT2D eigenvalue weighted by Gasteiger charge is 2.05. The molecule has 0 amide bonds. The topological polar surface area (TPSA) is 17.1 Å². The smallest absolute Gasteiger partial charge is 0.163 e. The molecule has 0 aromatic carbocycles. The third kappa shape index (κ3) is 21.5. The Morgan fingerprint density at radius 1 is 1.19 bits per heavy atom. The predicted octanol–water partition coefficient (Wildman–Crippen LogP) is 6.49. The van der Waals surface area contributed by atoms with Gasteiger partial charge in [-0.25, -0.2) is 4.39 Å². The van der Waals surface area contributed by atoms with Crippen molar-refractivity contribution in [2.45, 2.75) is 74.9 Å². The molecule has 128 valence electrons. The number of carbonyl (C=O) groups excluding carboxylic acids is 1. The van der Waals surface area contributed by atoms with Crippen LogP contribution in [0.3, 0.4) is 0 Å². The van der Waals surface area contributed by atoms with Gasteiger partial charge in [-0.2, -0.15) is 0 Å². The molecule has 0 spiro atoms. The zero-order chi connectivity index (χ0) is 18.0. The maximum atomic E-state index is 11.5. The lowest BCUT2D eigenvalue weighted by atomic mass is 9.92. The normalized spacial score (nSPS) is 16.5. The molecule has 1 nitrogen and oxygen atoms in total. The van der Waals surface area contributed by atoms with E-state index in [1.807, 2.05) is 27.7 Å². The molecule has 0 saturated heterocycles. The van der Waals surface area contributed by atoms with Crippen molar-refractivity contribution in [1.29, 1.82) is 0 Å². The first kappa shape index (κ1) is 28.2. The Hall–Kier alpha value is -0.990. The lowest BCUT2D eigenvalue weighted by molar-refractivity contribution is -0.121. The van der Waals surface area contributed by atoms with Crippen LogP contribution >= 0.6 is 0 Å². The third-order valence-corrected chi connectivity index (χ3v) is 2.59. The molecule has 1 aliphatic carbocycles. The molecule has 2 atom stereocenters. The molecule has 0 radical (unpaired) electrons. The van der Waals surface area contributed by atoms with Gasteiger partial charge in [0.2, 0.25) is 0 Å². The van der Waals surface area contributed by atoms with Crippen LogP contribution < -0.4 is 0 Å². The molecule has 0 N–H and O–H groups in total. The first-order valence-corrected chi connectivity index (χ1v) is 7.71. The maximum absolute atomic E-state index is 11.5. The summed E-state index contributed by atoms with van der Waals surface area (Å²) in [5.41, 5.74) is 2.94. The van der Waals surface area contributed by atoms with Crippen LogP contribution in [0.15, 0.2) is 23.3 Å². The summed E-state index contributed by atoms with van der Waals surface area (Å²) in [5.74, 6) is 0.365. The van der Waals surface area contributed by atoms with Crippen molar-refractivity contribution in [2.24, 2.45) is 5.92 Å². The Morgan fingerprint density at radius 2 is 1.52 bits per heavy atom. The Kier molecular flexibility index (Phi) is 28.6. The largest absolute Gasteiger partial charge is 0.297 e. The van der Waals surface area contributed by atoms with Crippen LogP contribution in [0.25, 0.3) is 0 Å². The summed E-state index contributed by atoms with van der Waals surface area (Å²) in [7, 11) is 0.500. The molecule has 0 bridgehead atoms. The second-order valence-corrected chi connectivity index (χ2v) is 4.20. The molecule has 0 aromatic heterocycles. The highest BCUT2D eigenvalue weighted by atomic mass is 19.1. The fourth-order valence-electron chi connectivity index (χ4n) is 1.11. The number of rotatable bonds is 1. The van der Waals surface area contributed by atoms with Gasteiger partial charge in [0.25, 0.3) is 0 Å². The Morgan fingerprint density at radius 3 is 1.71 bits per heavy atom. The van der Waals surface area contributed by atoms with E-state index in [9.17, 15) is 13.6 Å². The van der Waals surface area contributed by atoms with E-state index >= 15 is 0 Å². The monoisotopic (exact) mass is 306 g/mol. The van der Waals surface area contributed by atoms with Gasteiger partial charge in [-0.3, -0.25) is 9.18 Å². The van der Waals surface area contributed by atoms with Gasteiger partial charge in [0.1, 0.15) is 0 Å². The summed E-state index contributed by atoms with van der Waals surface area (Å²) >= 11 is 0. The predicted molar refractivity (Wildman–Crippen MR) is 92.3 cm³/mol. The van der Waals surface area contributed by atoms with Crippen LogP contribution in [0, 0.1) is 5.92 Å². The molecule has 0 aliphatic heterocycles. The van der Waals surface area contributed by atoms with Crippen molar-refractivity contribution < 1.29 is 13.6 Å². The molecule has 0 fully saturated rings. The van der Waals surface area contributed by atoms with E-state index in [1.165, 1.54) is 31.4 Å². The van der Waals surface area contributed by atoms with Gasteiger partial charge in [0.15, 0.2) is 12.0 Å². The van der Waals surface area contributed by atoms with Gasteiger partial charge in [-0.1, -0.05) is 57.9 Å². The van der Waals surface area contributed by atoms with Crippen LogP contribution in [-0.4, -0.2) is 19.1 Å². The molecule has 1 unspecified atom stereocenters. The van der Waals surface area contributed by atoms with Crippen LogP contribution in [0.1, 0.15) is 68.7 Å². The first-order valence-electron chi connectivity index (χ1n) is 7.71. The number of alkyl halides is 2. The second kappa shape index (κ2) is 21.3. The molecule has 1 rings (SSSR count). The molecule has 21 heavy (non-hydrogen) atoms. The molecular formula is C18H36F2O. The Balaban J connectivity index is -0.000000106. The van der Waals surface area contributed by atoms with Crippen molar-refractivity contribution in [3.05, 3.63) is 23.3 Å². The summed E-state index contributed by atoms with van der Waals surface area (Å²) < 4.78 is 21.0. The highest BCUT2D eigenvalue weighted by Crippen LogP contribution is 2.21. The molecule has 0 heterocycles. The zero-order valence-electron chi connectivity index (χ0n) is 15.7. The van der Waals surface area contributed by atoms with Crippen molar-refractivity contribution in [1.82, 2.24) is 0 Å². The zero-order valence-corrected chi connectivity index (χ0v) is 15.7. The maximum Gasteiger partial charge on any atom is 0.163 e. The first-order chi connectivity index (χ1) is 9.84. The quantitative estimate of drug-likeness (QED) is 0.541. The number of allylic oxidation sites excluding steroid dienone is 4. The van der Waals surface area contributed by atoms with E-state index in [1.54, 1.807) is 0 Å². The lowest BCUT2D eigenvalue weighted by Crippen LogP contribution is -2.04. The minimum absolute atomic E-state index is 0.407. The minimum atomic E-state index is -1.29. The third-order valence-electron chi connectivity index (χ3n) is 2.59. The van der Waals surface area contributed by atoms with Crippen molar-refractivity contribution in [3.63, 3.8) is 0 Å². The number of carbonyl (C=O) groups is 1. The molecule has 3 heteroatoms.